The third-order valence-corrected chi connectivity index (χ3v) is 3.58. The lowest BCUT2D eigenvalue weighted by Crippen LogP contribution is -2.28. The number of sulfonamides is 1. The van der Waals surface area contributed by atoms with Crippen LogP contribution in [0.1, 0.15) is 5.56 Å². The van der Waals surface area contributed by atoms with Gasteiger partial charge >= 0.3 is 15.3 Å². The molecule has 1 heterocycles. The molecule has 0 spiro atoms. The van der Waals surface area contributed by atoms with Gasteiger partial charge in [-0.15, -0.1) is 0 Å². The molecule has 7 nitrogen and oxygen atoms in total. The van der Waals surface area contributed by atoms with Gasteiger partial charge in [-0.3, -0.25) is 9.52 Å². The van der Waals surface area contributed by atoms with E-state index in [1.54, 1.807) is 6.07 Å². The number of hydrogen-bond acceptors (Lipinski definition) is 5. The van der Waals surface area contributed by atoms with Crippen molar-refractivity contribution in [1.82, 2.24) is 4.98 Å². The number of hydrogen-bond donors (Lipinski definition) is 3. The van der Waals surface area contributed by atoms with Crippen molar-refractivity contribution in [3.05, 3.63) is 48.2 Å². The van der Waals surface area contributed by atoms with Crippen LogP contribution in [0.2, 0.25) is 0 Å². The van der Waals surface area contributed by atoms with Gasteiger partial charge in [-0.05, 0) is 30.7 Å². The maximum atomic E-state index is 11.4. The highest BCUT2D eigenvalue weighted by atomic mass is 32.2. The average Bonchev–Trinajstić information content (AvgIpc) is 2.38. The Morgan fingerprint density at radius 2 is 1.90 bits per heavy atom. The fourth-order valence-electron chi connectivity index (χ4n) is 1.64. The number of primary amides is 1. The Morgan fingerprint density at radius 3 is 2.57 bits per heavy atom. The van der Waals surface area contributed by atoms with Crippen molar-refractivity contribution in [3.8, 4) is 0 Å². The van der Waals surface area contributed by atoms with Gasteiger partial charge in [-0.25, -0.2) is 4.98 Å². The number of nitrogens with zero attached hydrogens (tertiary/aromatic N) is 1. The summed E-state index contributed by atoms with van der Waals surface area (Å²) >= 11 is 0. The molecule has 21 heavy (non-hydrogen) atoms. The third kappa shape index (κ3) is 3.93. The number of amides is 1. The van der Waals surface area contributed by atoms with Crippen LogP contribution in [0, 0.1) is 6.92 Å². The standard InChI is InChI=1S/C13H14N4O3S/c1-9-3-2-4-10(7-9)16-11-5-6-15-12(8-11)17-21(19,20)13(14)18/h2-8H,1H3,(H2,14,18)(H2,15,16,17). The van der Waals surface area contributed by atoms with Gasteiger partial charge in [0.25, 0.3) is 0 Å². The predicted molar refractivity (Wildman–Crippen MR) is 80.8 cm³/mol. The summed E-state index contributed by atoms with van der Waals surface area (Å²) in [4.78, 5) is 14.6. The molecule has 1 aromatic heterocycles. The zero-order chi connectivity index (χ0) is 15.5. The molecule has 0 saturated heterocycles. The van der Waals surface area contributed by atoms with Crippen LogP contribution in [0.4, 0.5) is 22.0 Å². The summed E-state index contributed by atoms with van der Waals surface area (Å²) < 4.78 is 24.7. The van der Waals surface area contributed by atoms with E-state index >= 15 is 0 Å². The molecule has 110 valence electrons. The van der Waals surface area contributed by atoms with Crippen molar-refractivity contribution in [2.45, 2.75) is 6.92 Å². The molecule has 2 rings (SSSR count). The first kappa shape index (κ1) is 14.8. The van der Waals surface area contributed by atoms with E-state index < -0.39 is 15.3 Å². The third-order valence-electron chi connectivity index (χ3n) is 2.57. The zero-order valence-electron chi connectivity index (χ0n) is 11.2. The number of carbonyl (C=O) groups excluding carboxylic acids is 1. The Balaban J connectivity index is 2.20. The van der Waals surface area contributed by atoms with Crippen LogP contribution < -0.4 is 15.8 Å². The molecular weight excluding hydrogens is 292 g/mol. The smallest absolute Gasteiger partial charge is 0.354 e. The summed E-state index contributed by atoms with van der Waals surface area (Å²) in [5, 5.41) is 1.65. The number of rotatable bonds is 4. The summed E-state index contributed by atoms with van der Waals surface area (Å²) in [6.07, 6.45) is 1.41. The lowest BCUT2D eigenvalue weighted by molar-refractivity contribution is 0.265. The zero-order valence-corrected chi connectivity index (χ0v) is 12.0. The quantitative estimate of drug-likeness (QED) is 0.798. The van der Waals surface area contributed by atoms with E-state index in [1.807, 2.05) is 35.9 Å². The van der Waals surface area contributed by atoms with Crippen molar-refractivity contribution in [2.75, 3.05) is 10.0 Å². The van der Waals surface area contributed by atoms with Crippen LogP contribution in [-0.2, 0) is 10.0 Å². The second-order valence-electron chi connectivity index (χ2n) is 4.35. The number of carbonyl (C=O) groups is 1. The maximum Gasteiger partial charge on any atom is 0.354 e. The maximum absolute atomic E-state index is 11.4. The van der Waals surface area contributed by atoms with Gasteiger partial charge in [-0.1, -0.05) is 12.1 Å². The van der Waals surface area contributed by atoms with Crippen LogP contribution in [0.25, 0.3) is 0 Å². The molecule has 0 unspecified atom stereocenters. The predicted octanol–water partition coefficient (Wildman–Crippen LogP) is 1.95. The SMILES string of the molecule is Cc1cccc(Nc2ccnc(NS(=O)(=O)C(N)=O)c2)c1. The molecule has 1 amide bonds. The largest absolute Gasteiger partial charge is 0.355 e. The van der Waals surface area contributed by atoms with E-state index in [0.29, 0.717) is 5.69 Å². The monoisotopic (exact) mass is 306 g/mol. The van der Waals surface area contributed by atoms with Crippen molar-refractivity contribution >= 4 is 32.5 Å². The summed E-state index contributed by atoms with van der Waals surface area (Å²) in [5.41, 5.74) is 7.33. The lowest BCUT2D eigenvalue weighted by Gasteiger charge is -2.09. The molecule has 0 fully saturated rings. The topological polar surface area (TPSA) is 114 Å². The number of pyridine rings is 1. The molecule has 0 aliphatic heterocycles. The highest BCUT2D eigenvalue weighted by Gasteiger charge is 2.18. The number of aromatic nitrogens is 1. The fraction of sp³-hybridized carbons (Fsp3) is 0.0769. The Hall–Kier alpha value is -2.61. The Morgan fingerprint density at radius 1 is 1.19 bits per heavy atom. The van der Waals surface area contributed by atoms with Crippen molar-refractivity contribution in [2.24, 2.45) is 5.73 Å². The summed E-state index contributed by atoms with van der Waals surface area (Å²) in [7, 11) is -4.25. The minimum absolute atomic E-state index is 0.00598. The van der Waals surface area contributed by atoms with Gasteiger partial charge in [0.15, 0.2) is 0 Å². The highest BCUT2D eigenvalue weighted by molar-refractivity contribution is 8.07. The molecule has 0 saturated carbocycles. The summed E-state index contributed by atoms with van der Waals surface area (Å²) in [6.45, 7) is 1.96. The van der Waals surface area contributed by atoms with Gasteiger partial charge in [0.1, 0.15) is 5.82 Å². The van der Waals surface area contributed by atoms with E-state index in [1.165, 1.54) is 12.3 Å². The van der Waals surface area contributed by atoms with Gasteiger partial charge in [0.05, 0.1) is 0 Å². The molecule has 8 heteroatoms. The highest BCUT2D eigenvalue weighted by Crippen LogP contribution is 2.19. The Labute approximate surface area is 122 Å². The minimum atomic E-state index is -4.25. The van der Waals surface area contributed by atoms with Crippen molar-refractivity contribution in [1.29, 1.82) is 0 Å². The number of benzene rings is 1. The van der Waals surface area contributed by atoms with Crippen LogP contribution >= 0.6 is 0 Å². The van der Waals surface area contributed by atoms with E-state index in [2.05, 4.69) is 10.3 Å². The first-order valence-corrected chi connectivity index (χ1v) is 7.47. The van der Waals surface area contributed by atoms with E-state index in [-0.39, 0.29) is 5.82 Å². The molecule has 1 aromatic carbocycles. The molecule has 0 aliphatic rings. The van der Waals surface area contributed by atoms with Crippen LogP contribution in [0.15, 0.2) is 42.6 Å². The van der Waals surface area contributed by atoms with E-state index in [4.69, 9.17) is 5.73 Å². The van der Waals surface area contributed by atoms with Gasteiger partial charge < -0.3 is 11.1 Å². The first-order valence-electron chi connectivity index (χ1n) is 5.99. The fourth-order valence-corrected chi connectivity index (χ4v) is 2.13. The van der Waals surface area contributed by atoms with Gasteiger partial charge in [0, 0.05) is 23.6 Å². The summed E-state index contributed by atoms with van der Waals surface area (Å²) in [5.74, 6) is 0.00598. The van der Waals surface area contributed by atoms with Crippen molar-refractivity contribution < 1.29 is 13.2 Å². The molecule has 0 aliphatic carbocycles. The van der Waals surface area contributed by atoms with Crippen LogP contribution in [0.3, 0.4) is 0 Å². The molecule has 0 atom stereocenters. The number of nitrogens with two attached hydrogens (primary N) is 1. The number of anilines is 3. The molecular formula is C13H14N4O3S. The normalized spacial score (nSPS) is 10.9. The molecule has 4 N–H and O–H groups in total. The molecule has 0 bridgehead atoms. The number of aryl methyl sites for hydroxylation is 1. The number of nitrogens with one attached hydrogen (secondary N) is 2. The van der Waals surface area contributed by atoms with Crippen LogP contribution in [0.5, 0.6) is 0 Å². The van der Waals surface area contributed by atoms with Crippen LogP contribution in [-0.4, -0.2) is 18.6 Å². The van der Waals surface area contributed by atoms with Gasteiger partial charge in [0.2, 0.25) is 0 Å². The Bertz CT molecular complexity index is 774. The van der Waals surface area contributed by atoms with Crippen molar-refractivity contribution in [3.63, 3.8) is 0 Å². The molecule has 2 aromatic rings. The molecule has 0 radical (unpaired) electrons. The summed E-state index contributed by atoms with van der Waals surface area (Å²) in [6, 6.07) is 10.8. The second kappa shape index (κ2) is 5.80. The first-order chi connectivity index (χ1) is 9.87. The Kier molecular flexibility index (Phi) is 4.08. The lowest BCUT2D eigenvalue weighted by atomic mass is 10.2. The second-order valence-corrected chi connectivity index (χ2v) is 5.96. The average molecular weight is 306 g/mol. The van der Waals surface area contributed by atoms with Gasteiger partial charge in [-0.2, -0.15) is 8.42 Å². The van der Waals surface area contributed by atoms with E-state index in [0.717, 1.165) is 11.3 Å². The van der Waals surface area contributed by atoms with E-state index in [9.17, 15) is 13.2 Å². The minimum Gasteiger partial charge on any atom is -0.355 e.